The lowest BCUT2D eigenvalue weighted by Crippen LogP contribution is -2.34. The van der Waals surface area contributed by atoms with E-state index in [9.17, 15) is 13.9 Å². The van der Waals surface area contributed by atoms with Crippen LogP contribution in [-0.2, 0) is 6.42 Å². The molecule has 0 radical (unpaired) electrons. The second kappa shape index (κ2) is 4.27. The average molecular weight is 214 g/mol. The minimum absolute atomic E-state index is 0.0107. The number of aliphatic hydroxyl groups is 1. The fraction of sp³-hybridized carbons (Fsp3) is 0.500. The number of benzene rings is 1. The van der Waals surface area contributed by atoms with Crippen molar-refractivity contribution in [1.29, 1.82) is 0 Å². The van der Waals surface area contributed by atoms with Gasteiger partial charge >= 0.3 is 0 Å². The Bertz CT molecular complexity index is 325. The third-order valence-electron chi connectivity index (χ3n) is 2.84. The second-order valence-electron chi connectivity index (χ2n) is 4.39. The van der Waals surface area contributed by atoms with Crippen LogP contribution < -0.4 is 0 Å². The fourth-order valence-electron chi connectivity index (χ4n) is 1.26. The molecule has 84 valence electrons. The molecular formula is C12H16F2O. The van der Waals surface area contributed by atoms with Crippen molar-refractivity contribution in [1.82, 2.24) is 0 Å². The zero-order valence-electron chi connectivity index (χ0n) is 9.22. The van der Waals surface area contributed by atoms with Gasteiger partial charge in [-0.25, -0.2) is 8.78 Å². The zero-order valence-corrected chi connectivity index (χ0v) is 9.22. The molecule has 0 aliphatic carbocycles. The van der Waals surface area contributed by atoms with E-state index in [2.05, 4.69) is 0 Å². The van der Waals surface area contributed by atoms with Crippen LogP contribution in [0.25, 0.3) is 0 Å². The molecular weight excluding hydrogens is 198 g/mol. The van der Waals surface area contributed by atoms with Gasteiger partial charge in [0.1, 0.15) is 11.6 Å². The molecule has 1 aromatic rings. The standard InChI is InChI=1S/C12H16F2O/c1-8(2)12(3,15)7-9-10(13)5-4-6-11(9)14/h4-6,8,15H,7H2,1-3H3. The maximum absolute atomic E-state index is 13.3. The SMILES string of the molecule is CC(C)C(C)(O)Cc1c(F)cccc1F. The van der Waals surface area contributed by atoms with E-state index in [1.807, 2.05) is 13.8 Å². The summed E-state index contributed by atoms with van der Waals surface area (Å²) in [4.78, 5) is 0. The van der Waals surface area contributed by atoms with Gasteiger partial charge in [0.15, 0.2) is 0 Å². The third kappa shape index (κ3) is 2.75. The van der Waals surface area contributed by atoms with E-state index in [0.717, 1.165) is 0 Å². The summed E-state index contributed by atoms with van der Waals surface area (Å²) in [7, 11) is 0. The number of hydrogen-bond acceptors (Lipinski definition) is 1. The summed E-state index contributed by atoms with van der Waals surface area (Å²) in [5.41, 5.74) is -1.14. The third-order valence-corrected chi connectivity index (χ3v) is 2.84. The van der Waals surface area contributed by atoms with Crippen LogP contribution in [0, 0.1) is 17.6 Å². The average Bonchev–Trinajstić information content (AvgIpc) is 2.11. The Hall–Kier alpha value is -0.960. The molecule has 0 bridgehead atoms. The smallest absolute Gasteiger partial charge is 0.129 e. The van der Waals surface area contributed by atoms with Crippen molar-refractivity contribution in [3.63, 3.8) is 0 Å². The summed E-state index contributed by atoms with van der Waals surface area (Å²) in [5, 5.41) is 9.96. The number of hydrogen-bond donors (Lipinski definition) is 1. The van der Waals surface area contributed by atoms with Crippen LogP contribution in [0.5, 0.6) is 0 Å². The maximum atomic E-state index is 13.3. The molecule has 0 spiro atoms. The molecule has 0 saturated carbocycles. The summed E-state index contributed by atoms with van der Waals surface area (Å²) in [6.45, 7) is 5.22. The van der Waals surface area contributed by atoms with E-state index in [1.165, 1.54) is 18.2 Å². The Kier molecular flexibility index (Phi) is 3.45. The minimum Gasteiger partial charge on any atom is -0.390 e. The molecule has 1 unspecified atom stereocenters. The normalized spacial score (nSPS) is 15.4. The highest BCUT2D eigenvalue weighted by molar-refractivity contribution is 5.21. The zero-order chi connectivity index (χ0) is 11.6. The van der Waals surface area contributed by atoms with E-state index in [0.29, 0.717) is 0 Å². The van der Waals surface area contributed by atoms with Crippen LogP contribution in [-0.4, -0.2) is 10.7 Å². The molecule has 1 nitrogen and oxygen atoms in total. The van der Waals surface area contributed by atoms with Gasteiger partial charge in [0.2, 0.25) is 0 Å². The Morgan fingerprint density at radius 1 is 1.27 bits per heavy atom. The van der Waals surface area contributed by atoms with E-state index >= 15 is 0 Å². The first kappa shape index (κ1) is 12.1. The van der Waals surface area contributed by atoms with Gasteiger partial charge in [0.05, 0.1) is 5.60 Å². The molecule has 1 N–H and O–H groups in total. The van der Waals surface area contributed by atoms with Gasteiger partial charge in [-0.2, -0.15) is 0 Å². The first-order valence-electron chi connectivity index (χ1n) is 5.00. The van der Waals surface area contributed by atoms with Crippen LogP contribution >= 0.6 is 0 Å². The van der Waals surface area contributed by atoms with Gasteiger partial charge in [0, 0.05) is 12.0 Å². The predicted molar refractivity (Wildman–Crippen MR) is 55.5 cm³/mol. The monoisotopic (exact) mass is 214 g/mol. The number of rotatable bonds is 3. The molecule has 1 aromatic carbocycles. The van der Waals surface area contributed by atoms with E-state index < -0.39 is 17.2 Å². The molecule has 0 amide bonds. The minimum atomic E-state index is -1.09. The van der Waals surface area contributed by atoms with Gasteiger partial charge in [-0.1, -0.05) is 19.9 Å². The quantitative estimate of drug-likeness (QED) is 0.820. The Balaban J connectivity index is 2.99. The summed E-state index contributed by atoms with van der Waals surface area (Å²) >= 11 is 0. The molecule has 0 saturated heterocycles. The lowest BCUT2D eigenvalue weighted by atomic mass is 9.86. The molecule has 0 heterocycles. The summed E-state index contributed by atoms with van der Waals surface area (Å²) in [5.74, 6) is -1.26. The highest BCUT2D eigenvalue weighted by atomic mass is 19.1. The van der Waals surface area contributed by atoms with E-state index in [-0.39, 0.29) is 17.9 Å². The van der Waals surface area contributed by atoms with Crippen molar-refractivity contribution < 1.29 is 13.9 Å². The van der Waals surface area contributed by atoms with Gasteiger partial charge < -0.3 is 5.11 Å². The molecule has 0 fully saturated rings. The summed E-state index contributed by atoms with van der Waals surface area (Å²) in [6.07, 6.45) is -0.0107. The maximum Gasteiger partial charge on any atom is 0.129 e. The second-order valence-corrected chi connectivity index (χ2v) is 4.39. The van der Waals surface area contributed by atoms with Gasteiger partial charge in [0.25, 0.3) is 0 Å². The summed E-state index contributed by atoms with van der Waals surface area (Å²) < 4.78 is 26.6. The topological polar surface area (TPSA) is 20.2 Å². The highest BCUT2D eigenvalue weighted by Crippen LogP contribution is 2.24. The van der Waals surface area contributed by atoms with Gasteiger partial charge in [-0.05, 0) is 25.0 Å². The van der Waals surface area contributed by atoms with Crippen molar-refractivity contribution in [3.8, 4) is 0 Å². The lowest BCUT2D eigenvalue weighted by molar-refractivity contribution is 0.0124. The van der Waals surface area contributed by atoms with Crippen LogP contribution in [0.3, 0.4) is 0 Å². The Morgan fingerprint density at radius 3 is 2.13 bits per heavy atom. The first-order valence-corrected chi connectivity index (χ1v) is 5.00. The Labute approximate surface area is 88.7 Å². The van der Waals surface area contributed by atoms with Crippen molar-refractivity contribution in [2.24, 2.45) is 5.92 Å². The molecule has 0 aliphatic rings. The van der Waals surface area contributed by atoms with Crippen LogP contribution in [0.15, 0.2) is 18.2 Å². The lowest BCUT2D eigenvalue weighted by Gasteiger charge is -2.28. The summed E-state index contributed by atoms with van der Waals surface area (Å²) in [6, 6.07) is 3.72. The van der Waals surface area contributed by atoms with E-state index in [4.69, 9.17) is 0 Å². The predicted octanol–water partition coefficient (Wildman–Crippen LogP) is 2.91. The molecule has 1 rings (SSSR count). The molecule has 3 heteroatoms. The van der Waals surface area contributed by atoms with Crippen LogP contribution in [0.1, 0.15) is 26.3 Å². The van der Waals surface area contributed by atoms with Crippen LogP contribution in [0.2, 0.25) is 0 Å². The van der Waals surface area contributed by atoms with E-state index in [1.54, 1.807) is 6.92 Å². The van der Waals surface area contributed by atoms with Gasteiger partial charge in [-0.3, -0.25) is 0 Å². The highest BCUT2D eigenvalue weighted by Gasteiger charge is 2.27. The van der Waals surface area contributed by atoms with Crippen LogP contribution in [0.4, 0.5) is 8.78 Å². The number of halogens is 2. The molecule has 15 heavy (non-hydrogen) atoms. The Morgan fingerprint density at radius 2 is 1.73 bits per heavy atom. The molecule has 0 aliphatic heterocycles. The largest absolute Gasteiger partial charge is 0.390 e. The fourth-order valence-corrected chi connectivity index (χ4v) is 1.26. The van der Waals surface area contributed by atoms with Crippen molar-refractivity contribution in [2.75, 3.05) is 0 Å². The first-order chi connectivity index (χ1) is 6.84. The van der Waals surface area contributed by atoms with Gasteiger partial charge in [-0.15, -0.1) is 0 Å². The molecule has 0 aromatic heterocycles. The van der Waals surface area contributed by atoms with Crippen molar-refractivity contribution >= 4 is 0 Å². The van der Waals surface area contributed by atoms with Crippen molar-refractivity contribution in [2.45, 2.75) is 32.8 Å². The van der Waals surface area contributed by atoms with Crippen molar-refractivity contribution in [3.05, 3.63) is 35.4 Å². The molecule has 1 atom stereocenters.